The highest BCUT2D eigenvalue weighted by Gasteiger charge is 2.20. The Bertz CT molecular complexity index is 411. The van der Waals surface area contributed by atoms with Gasteiger partial charge in [-0.05, 0) is 34.5 Å². The van der Waals surface area contributed by atoms with E-state index in [9.17, 15) is 4.79 Å². The maximum absolute atomic E-state index is 11.0. The van der Waals surface area contributed by atoms with E-state index in [2.05, 4.69) is 26.6 Å². The summed E-state index contributed by atoms with van der Waals surface area (Å²) >= 11 is 9.40. The third kappa shape index (κ3) is 2.68. The lowest BCUT2D eigenvalue weighted by atomic mass is 10.2. The maximum Gasteiger partial charge on any atom is 0.220 e. The Morgan fingerprint density at radius 3 is 3.06 bits per heavy atom. The zero-order valence-corrected chi connectivity index (χ0v) is 10.9. The molecule has 1 fully saturated rings. The fourth-order valence-electron chi connectivity index (χ4n) is 1.70. The Morgan fingerprint density at radius 2 is 2.38 bits per heavy atom. The van der Waals surface area contributed by atoms with Crippen LogP contribution in [0.2, 0.25) is 5.02 Å². The van der Waals surface area contributed by atoms with Crippen molar-refractivity contribution in [2.75, 3.05) is 11.9 Å². The van der Waals surface area contributed by atoms with Crippen molar-refractivity contribution in [1.29, 1.82) is 0 Å². The molecule has 1 aliphatic rings. The Morgan fingerprint density at radius 1 is 1.56 bits per heavy atom. The monoisotopic (exact) mass is 302 g/mol. The molecule has 0 aromatic heterocycles. The number of nitrogens with one attached hydrogen (secondary N) is 2. The second-order valence-corrected chi connectivity index (χ2v) is 4.99. The number of anilines is 1. The molecule has 1 amide bonds. The van der Waals surface area contributed by atoms with Gasteiger partial charge in [-0.2, -0.15) is 0 Å². The Labute approximate surface area is 108 Å². The van der Waals surface area contributed by atoms with Crippen LogP contribution in [0.5, 0.6) is 0 Å². The van der Waals surface area contributed by atoms with Crippen LogP contribution in [0.1, 0.15) is 12.8 Å². The number of amides is 1. The highest BCUT2D eigenvalue weighted by molar-refractivity contribution is 9.10. The van der Waals surface area contributed by atoms with Crippen LogP contribution in [0.3, 0.4) is 0 Å². The van der Waals surface area contributed by atoms with Gasteiger partial charge < -0.3 is 10.6 Å². The van der Waals surface area contributed by atoms with Crippen molar-refractivity contribution in [2.24, 2.45) is 0 Å². The largest absolute Gasteiger partial charge is 0.382 e. The molecule has 1 aromatic rings. The fraction of sp³-hybridized carbons (Fsp3) is 0.364. The average Bonchev–Trinajstić information content (AvgIpc) is 2.67. The normalized spacial score (nSPS) is 19.6. The smallest absolute Gasteiger partial charge is 0.220 e. The number of rotatable bonds is 3. The van der Waals surface area contributed by atoms with Gasteiger partial charge in [0.15, 0.2) is 0 Å². The van der Waals surface area contributed by atoms with E-state index < -0.39 is 0 Å². The van der Waals surface area contributed by atoms with E-state index in [0.29, 0.717) is 11.4 Å². The van der Waals surface area contributed by atoms with E-state index in [1.807, 2.05) is 18.2 Å². The maximum atomic E-state index is 11.0. The van der Waals surface area contributed by atoms with Crippen molar-refractivity contribution < 1.29 is 4.79 Å². The first kappa shape index (κ1) is 11.7. The summed E-state index contributed by atoms with van der Waals surface area (Å²) in [4.78, 5) is 11.0. The lowest BCUT2D eigenvalue weighted by Crippen LogP contribution is -2.31. The van der Waals surface area contributed by atoms with E-state index in [4.69, 9.17) is 11.6 Å². The van der Waals surface area contributed by atoms with Crippen molar-refractivity contribution in [3.05, 3.63) is 27.7 Å². The second kappa shape index (κ2) is 5.06. The molecule has 86 valence electrons. The predicted octanol–water partition coefficient (Wildman–Crippen LogP) is 2.79. The van der Waals surface area contributed by atoms with Crippen molar-refractivity contribution in [3.63, 3.8) is 0 Å². The molecular weight excluding hydrogens is 291 g/mol. The topological polar surface area (TPSA) is 41.1 Å². The first-order valence-electron chi connectivity index (χ1n) is 5.14. The predicted molar refractivity (Wildman–Crippen MR) is 68.8 cm³/mol. The van der Waals surface area contributed by atoms with Crippen LogP contribution in [0.4, 0.5) is 5.69 Å². The summed E-state index contributed by atoms with van der Waals surface area (Å²) in [6.45, 7) is 0.727. The Hall–Kier alpha value is -0.740. The summed E-state index contributed by atoms with van der Waals surface area (Å²) in [5.41, 5.74) is 0.952. The second-order valence-electron chi connectivity index (χ2n) is 3.79. The average molecular weight is 304 g/mol. The number of carbonyl (C=O) groups excluding carboxylic acids is 1. The van der Waals surface area contributed by atoms with Crippen LogP contribution in [0, 0.1) is 0 Å². The van der Waals surface area contributed by atoms with Crippen molar-refractivity contribution in [2.45, 2.75) is 18.9 Å². The molecular formula is C11H12BrClN2O. The molecule has 5 heteroatoms. The third-order valence-corrected chi connectivity index (χ3v) is 3.97. The van der Waals surface area contributed by atoms with E-state index in [0.717, 1.165) is 23.1 Å². The molecule has 0 spiro atoms. The summed E-state index contributed by atoms with van der Waals surface area (Å²) in [6.07, 6.45) is 1.52. The third-order valence-electron chi connectivity index (χ3n) is 2.58. The zero-order chi connectivity index (χ0) is 11.5. The lowest BCUT2D eigenvalue weighted by Gasteiger charge is -2.14. The van der Waals surface area contributed by atoms with Crippen molar-refractivity contribution >= 4 is 39.1 Å². The summed E-state index contributed by atoms with van der Waals surface area (Å²) in [7, 11) is 0. The van der Waals surface area contributed by atoms with Gasteiger partial charge in [-0.15, -0.1) is 0 Å². The molecule has 0 saturated carbocycles. The molecule has 0 aliphatic carbocycles. The van der Waals surface area contributed by atoms with Crippen LogP contribution in [-0.4, -0.2) is 18.5 Å². The summed E-state index contributed by atoms with van der Waals surface area (Å²) in [6, 6.07) is 5.89. The molecule has 0 bridgehead atoms. The molecule has 1 heterocycles. The standard InChI is InChI=1S/C11H12BrClN2O/c12-11-8(13)2-1-3-9(11)14-6-7-4-5-10(16)15-7/h1-3,7,14H,4-6H2,(H,15,16). The summed E-state index contributed by atoms with van der Waals surface area (Å²) < 4.78 is 0.862. The molecule has 2 rings (SSSR count). The zero-order valence-electron chi connectivity index (χ0n) is 8.59. The quantitative estimate of drug-likeness (QED) is 0.901. The fourth-order valence-corrected chi connectivity index (χ4v) is 2.28. The SMILES string of the molecule is O=C1CCC(CNc2cccc(Cl)c2Br)N1. The van der Waals surface area contributed by atoms with Crippen LogP contribution in [0.15, 0.2) is 22.7 Å². The van der Waals surface area contributed by atoms with Gasteiger partial charge in [0.2, 0.25) is 5.91 Å². The van der Waals surface area contributed by atoms with Crippen LogP contribution in [0.25, 0.3) is 0 Å². The molecule has 1 saturated heterocycles. The lowest BCUT2D eigenvalue weighted by molar-refractivity contribution is -0.119. The van der Waals surface area contributed by atoms with Crippen LogP contribution >= 0.6 is 27.5 Å². The molecule has 2 N–H and O–H groups in total. The Kier molecular flexibility index (Phi) is 3.71. The minimum atomic E-state index is 0.136. The summed E-state index contributed by atoms with van der Waals surface area (Å²) in [5, 5.41) is 6.86. The summed E-state index contributed by atoms with van der Waals surface area (Å²) in [5.74, 6) is 0.136. The molecule has 16 heavy (non-hydrogen) atoms. The first-order valence-corrected chi connectivity index (χ1v) is 6.31. The number of benzene rings is 1. The first-order chi connectivity index (χ1) is 7.66. The minimum absolute atomic E-state index is 0.136. The molecule has 1 aromatic carbocycles. The van der Waals surface area contributed by atoms with E-state index in [1.165, 1.54) is 0 Å². The highest BCUT2D eigenvalue weighted by atomic mass is 79.9. The van der Waals surface area contributed by atoms with Gasteiger partial charge in [-0.25, -0.2) is 0 Å². The number of carbonyl (C=O) groups is 1. The Balaban J connectivity index is 1.94. The van der Waals surface area contributed by atoms with Crippen molar-refractivity contribution in [1.82, 2.24) is 5.32 Å². The molecule has 0 radical (unpaired) electrons. The van der Waals surface area contributed by atoms with E-state index in [-0.39, 0.29) is 11.9 Å². The van der Waals surface area contributed by atoms with Gasteiger partial charge in [0.05, 0.1) is 15.2 Å². The van der Waals surface area contributed by atoms with Gasteiger partial charge in [0, 0.05) is 19.0 Å². The van der Waals surface area contributed by atoms with Gasteiger partial charge in [-0.3, -0.25) is 4.79 Å². The highest BCUT2D eigenvalue weighted by Crippen LogP contribution is 2.30. The van der Waals surface area contributed by atoms with E-state index >= 15 is 0 Å². The van der Waals surface area contributed by atoms with E-state index in [1.54, 1.807) is 0 Å². The van der Waals surface area contributed by atoms with Gasteiger partial charge in [0.1, 0.15) is 0 Å². The number of hydrogen-bond donors (Lipinski definition) is 2. The number of hydrogen-bond acceptors (Lipinski definition) is 2. The molecule has 3 nitrogen and oxygen atoms in total. The number of halogens is 2. The molecule has 1 aliphatic heterocycles. The van der Waals surface area contributed by atoms with Crippen molar-refractivity contribution in [3.8, 4) is 0 Å². The van der Waals surface area contributed by atoms with Crippen LogP contribution < -0.4 is 10.6 Å². The van der Waals surface area contributed by atoms with Gasteiger partial charge >= 0.3 is 0 Å². The molecule has 1 atom stereocenters. The van der Waals surface area contributed by atoms with Gasteiger partial charge in [-0.1, -0.05) is 17.7 Å². The van der Waals surface area contributed by atoms with Gasteiger partial charge in [0.25, 0.3) is 0 Å². The minimum Gasteiger partial charge on any atom is -0.382 e. The molecule has 1 unspecified atom stereocenters. The van der Waals surface area contributed by atoms with Crippen LogP contribution in [-0.2, 0) is 4.79 Å².